The van der Waals surface area contributed by atoms with Crippen molar-refractivity contribution in [1.82, 2.24) is 4.90 Å². The van der Waals surface area contributed by atoms with E-state index in [2.05, 4.69) is 55.3 Å². The standard InChI is InChI=1S/C20H23NO.ClH/c1-14-19-12-15-8-9-17(22)13-18(15)20(14,10-11-21(19)2)16-6-4-3-5-7-16;/h3-9,13-14,19,22H,10-12H2,1-2H3;1H/t14-,19+,20-;/m1./s1. The third kappa shape index (κ3) is 2.28. The summed E-state index contributed by atoms with van der Waals surface area (Å²) in [5.74, 6) is 0.932. The van der Waals surface area contributed by atoms with Gasteiger partial charge < -0.3 is 10.0 Å². The van der Waals surface area contributed by atoms with Crippen molar-refractivity contribution >= 4 is 12.4 Å². The highest BCUT2D eigenvalue weighted by atomic mass is 35.5. The first-order chi connectivity index (χ1) is 10.6. The summed E-state index contributed by atoms with van der Waals surface area (Å²) < 4.78 is 0. The Labute approximate surface area is 144 Å². The number of aromatic hydroxyl groups is 1. The minimum Gasteiger partial charge on any atom is -0.508 e. The van der Waals surface area contributed by atoms with Crippen LogP contribution in [-0.4, -0.2) is 29.6 Å². The Balaban J connectivity index is 0.00000156. The van der Waals surface area contributed by atoms with Gasteiger partial charge in [0.25, 0.3) is 0 Å². The second-order valence-corrected chi connectivity index (χ2v) is 6.97. The molecule has 2 nitrogen and oxygen atoms in total. The average molecular weight is 330 g/mol. The summed E-state index contributed by atoms with van der Waals surface area (Å²) in [5.41, 5.74) is 4.17. The maximum Gasteiger partial charge on any atom is 0.115 e. The molecule has 1 saturated heterocycles. The summed E-state index contributed by atoms with van der Waals surface area (Å²) in [7, 11) is 2.25. The molecule has 0 radical (unpaired) electrons. The van der Waals surface area contributed by atoms with Crippen molar-refractivity contribution in [3.63, 3.8) is 0 Å². The zero-order valence-corrected chi connectivity index (χ0v) is 14.5. The van der Waals surface area contributed by atoms with E-state index in [-0.39, 0.29) is 17.8 Å². The number of hydrogen-bond acceptors (Lipinski definition) is 2. The molecule has 1 fully saturated rings. The van der Waals surface area contributed by atoms with Gasteiger partial charge in [0, 0.05) is 11.5 Å². The lowest BCUT2D eigenvalue weighted by Gasteiger charge is -2.55. The molecule has 3 heteroatoms. The molecule has 2 aromatic carbocycles. The Morgan fingerprint density at radius 2 is 1.87 bits per heavy atom. The van der Waals surface area contributed by atoms with E-state index in [9.17, 15) is 5.11 Å². The molecule has 4 rings (SSSR count). The number of nitrogens with zero attached hydrogens (tertiary/aromatic N) is 1. The highest BCUT2D eigenvalue weighted by molar-refractivity contribution is 5.85. The summed E-state index contributed by atoms with van der Waals surface area (Å²) in [6, 6.07) is 17.4. The Kier molecular flexibility index (Phi) is 4.16. The summed E-state index contributed by atoms with van der Waals surface area (Å²) in [4.78, 5) is 2.52. The third-order valence-corrected chi connectivity index (χ3v) is 6.07. The zero-order valence-electron chi connectivity index (χ0n) is 13.7. The fraction of sp³-hybridized carbons (Fsp3) is 0.400. The van der Waals surface area contributed by atoms with Gasteiger partial charge in [0.1, 0.15) is 5.75 Å². The van der Waals surface area contributed by atoms with Crippen LogP contribution in [-0.2, 0) is 11.8 Å². The Morgan fingerprint density at radius 3 is 2.61 bits per heavy atom. The van der Waals surface area contributed by atoms with Crippen LogP contribution in [0, 0.1) is 5.92 Å². The van der Waals surface area contributed by atoms with Gasteiger partial charge >= 0.3 is 0 Å². The number of halogens is 1. The normalized spacial score (nSPS) is 29.5. The smallest absolute Gasteiger partial charge is 0.115 e. The number of phenolic OH excluding ortho intramolecular Hbond substituents is 1. The molecular weight excluding hydrogens is 306 g/mol. The van der Waals surface area contributed by atoms with Crippen LogP contribution in [0.3, 0.4) is 0 Å². The van der Waals surface area contributed by atoms with Crippen LogP contribution >= 0.6 is 12.4 Å². The van der Waals surface area contributed by atoms with E-state index in [1.54, 1.807) is 0 Å². The van der Waals surface area contributed by atoms with E-state index in [0.29, 0.717) is 17.7 Å². The van der Waals surface area contributed by atoms with E-state index in [1.807, 2.05) is 12.1 Å². The fourth-order valence-electron chi connectivity index (χ4n) is 4.85. The van der Waals surface area contributed by atoms with Crippen LogP contribution in [0.2, 0.25) is 0 Å². The second kappa shape index (κ2) is 5.85. The van der Waals surface area contributed by atoms with Crippen LogP contribution in [0.4, 0.5) is 0 Å². The summed E-state index contributed by atoms with van der Waals surface area (Å²) >= 11 is 0. The van der Waals surface area contributed by atoms with Gasteiger partial charge in [-0.3, -0.25) is 0 Å². The lowest BCUT2D eigenvalue weighted by atomic mass is 9.55. The Hall–Kier alpha value is -1.51. The van der Waals surface area contributed by atoms with Crippen LogP contribution < -0.4 is 0 Å². The third-order valence-electron chi connectivity index (χ3n) is 6.07. The summed E-state index contributed by atoms with van der Waals surface area (Å²) in [6.45, 7) is 3.50. The monoisotopic (exact) mass is 329 g/mol. The molecule has 0 amide bonds. The molecule has 3 atom stereocenters. The number of benzene rings is 2. The highest BCUT2D eigenvalue weighted by Crippen LogP contribution is 2.52. The molecule has 23 heavy (non-hydrogen) atoms. The van der Waals surface area contributed by atoms with Gasteiger partial charge in [-0.25, -0.2) is 0 Å². The molecule has 1 heterocycles. The molecule has 2 aliphatic rings. The van der Waals surface area contributed by atoms with E-state index in [4.69, 9.17) is 0 Å². The maximum atomic E-state index is 10.1. The van der Waals surface area contributed by atoms with Crippen molar-refractivity contribution in [2.24, 2.45) is 5.92 Å². The lowest BCUT2D eigenvalue weighted by Crippen LogP contribution is -2.58. The topological polar surface area (TPSA) is 23.5 Å². The van der Waals surface area contributed by atoms with Crippen molar-refractivity contribution in [1.29, 1.82) is 0 Å². The van der Waals surface area contributed by atoms with Gasteiger partial charge in [-0.15, -0.1) is 12.4 Å². The van der Waals surface area contributed by atoms with Crippen molar-refractivity contribution in [2.75, 3.05) is 13.6 Å². The molecule has 0 saturated carbocycles. The number of hydrogen-bond donors (Lipinski definition) is 1. The number of likely N-dealkylation sites (N-methyl/N-ethyl adjacent to an activating group) is 1. The molecule has 0 spiro atoms. The van der Waals surface area contributed by atoms with Crippen LogP contribution in [0.5, 0.6) is 5.75 Å². The van der Waals surface area contributed by atoms with Crippen molar-refractivity contribution in [3.8, 4) is 5.75 Å². The van der Waals surface area contributed by atoms with E-state index in [1.165, 1.54) is 16.7 Å². The maximum absolute atomic E-state index is 10.1. The SMILES string of the molecule is C[C@@H]1[C@@H]2Cc3ccc(O)cc3[C@]1(c1ccccc1)CCN2C.Cl. The number of fused-ring (bicyclic) bond motifs is 4. The van der Waals surface area contributed by atoms with Crippen LogP contribution in [0.25, 0.3) is 0 Å². The predicted molar refractivity (Wildman–Crippen MR) is 96.5 cm³/mol. The van der Waals surface area contributed by atoms with Crippen molar-refractivity contribution in [3.05, 3.63) is 65.2 Å². The second-order valence-electron chi connectivity index (χ2n) is 6.97. The van der Waals surface area contributed by atoms with Gasteiger partial charge in [-0.2, -0.15) is 0 Å². The van der Waals surface area contributed by atoms with E-state index >= 15 is 0 Å². The lowest BCUT2D eigenvalue weighted by molar-refractivity contribution is 0.0613. The molecule has 1 N–H and O–H groups in total. The van der Waals surface area contributed by atoms with Gasteiger partial charge in [-0.1, -0.05) is 43.3 Å². The van der Waals surface area contributed by atoms with Gasteiger partial charge in [0.15, 0.2) is 0 Å². The molecule has 0 unspecified atom stereocenters. The predicted octanol–water partition coefficient (Wildman–Crippen LogP) is 4.00. The minimum absolute atomic E-state index is 0. The number of piperidine rings is 1. The molecule has 2 aromatic rings. The van der Waals surface area contributed by atoms with Crippen LogP contribution in [0.15, 0.2) is 48.5 Å². The first-order valence-corrected chi connectivity index (χ1v) is 8.21. The fourth-order valence-corrected chi connectivity index (χ4v) is 4.85. The molecule has 1 aliphatic carbocycles. The molecule has 2 bridgehead atoms. The Morgan fingerprint density at radius 1 is 1.13 bits per heavy atom. The van der Waals surface area contributed by atoms with Gasteiger partial charge in [0.05, 0.1) is 0 Å². The van der Waals surface area contributed by atoms with Gasteiger partial charge in [-0.05, 0) is 61.2 Å². The average Bonchev–Trinajstić information content (AvgIpc) is 2.53. The number of phenols is 1. The van der Waals surface area contributed by atoms with E-state index < -0.39 is 0 Å². The molecule has 122 valence electrons. The van der Waals surface area contributed by atoms with Crippen LogP contribution in [0.1, 0.15) is 30.0 Å². The number of rotatable bonds is 1. The largest absolute Gasteiger partial charge is 0.508 e. The quantitative estimate of drug-likeness (QED) is 0.855. The summed E-state index contributed by atoms with van der Waals surface area (Å²) in [6.07, 6.45) is 2.20. The zero-order chi connectivity index (χ0) is 15.3. The van der Waals surface area contributed by atoms with Crippen molar-refractivity contribution in [2.45, 2.75) is 31.2 Å². The first-order valence-electron chi connectivity index (χ1n) is 8.21. The molecular formula is C20H24ClNO. The van der Waals surface area contributed by atoms with E-state index in [0.717, 1.165) is 19.4 Å². The Bertz CT molecular complexity index is 702. The minimum atomic E-state index is 0. The number of likely N-dealkylation sites (tertiary alicyclic amines) is 1. The summed E-state index contributed by atoms with van der Waals surface area (Å²) in [5, 5.41) is 10.1. The van der Waals surface area contributed by atoms with Gasteiger partial charge in [0.2, 0.25) is 0 Å². The van der Waals surface area contributed by atoms with Crippen molar-refractivity contribution < 1.29 is 5.11 Å². The molecule has 0 aromatic heterocycles. The first kappa shape index (κ1) is 16.4. The highest BCUT2D eigenvalue weighted by Gasteiger charge is 2.51. The molecule has 1 aliphatic heterocycles.